The zero-order chi connectivity index (χ0) is 21.9. The molecule has 0 spiro atoms. The van der Waals surface area contributed by atoms with Gasteiger partial charge in [-0.25, -0.2) is 14.2 Å². The molecular formula is C22H18F4N2O2. The lowest BCUT2D eigenvalue weighted by molar-refractivity contribution is -0.139. The van der Waals surface area contributed by atoms with Gasteiger partial charge in [0.15, 0.2) is 0 Å². The lowest BCUT2D eigenvalue weighted by atomic mass is 10.0. The maximum absolute atomic E-state index is 14.1. The highest BCUT2D eigenvalue weighted by atomic mass is 19.4. The molecule has 3 aromatic rings. The van der Waals surface area contributed by atoms with E-state index in [9.17, 15) is 22.4 Å². The van der Waals surface area contributed by atoms with Crippen LogP contribution in [0.1, 0.15) is 41.4 Å². The normalized spacial score (nSPS) is 11.5. The van der Waals surface area contributed by atoms with E-state index in [1.54, 1.807) is 12.1 Å². The summed E-state index contributed by atoms with van der Waals surface area (Å²) in [5.41, 5.74) is 0.645. The van der Waals surface area contributed by atoms with Gasteiger partial charge in [-0.2, -0.15) is 13.2 Å². The fourth-order valence-electron chi connectivity index (χ4n) is 2.98. The van der Waals surface area contributed by atoms with Crippen molar-refractivity contribution in [1.29, 1.82) is 0 Å². The molecule has 0 aliphatic rings. The number of hydrogen-bond donors (Lipinski definition) is 1. The van der Waals surface area contributed by atoms with E-state index in [2.05, 4.69) is 9.97 Å². The fraction of sp³-hybridized carbons (Fsp3) is 0.227. The highest BCUT2D eigenvalue weighted by molar-refractivity contribution is 5.88. The Balaban J connectivity index is 2.12. The van der Waals surface area contributed by atoms with E-state index in [0.29, 0.717) is 29.4 Å². The monoisotopic (exact) mass is 418 g/mol. The topological polar surface area (TPSA) is 63.1 Å². The number of carboxylic acids is 1. The summed E-state index contributed by atoms with van der Waals surface area (Å²) in [6.45, 7) is 2.03. The molecule has 1 N–H and O–H groups in total. The second-order valence-electron chi connectivity index (χ2n) is 6.74. The minimum Gasteiger partial charge on any atom is -0.478 e. The summed E-state index contributed by atoms with van der Waals surface area (Å²) in [7, 11) is 0. The molecule has 1 heterocycles. The van der Waals surface area contributed by atoms with Gasteiger partial charge in [0, 0.05) is 17.3 Å². The molecule has 0 unspecified atom stereocenters. The Morgan fingerprint density at radius 1 is 1.03 bits per heavy atom. The molecule has 0 saturated heterocycles. The van der Waals surface area contributed by atoms with Gasteiger partial charge < -0.3 is 5.11 Å². The number of unbranched alkanes of at least 4 members (excludes halogenated alkanes) is 1. The van der Waals surface area contributed by atoms with Crippen molar-refractivity contribution in [3.05, 3.63) is 71.3 Å². The predicted molar refractivity (Wildman–Crippen MR) is 103 cm³/mol. The maximum atomic E-state index is 14.1. The van der Waals surface area contributed by atoms with Crippen LogP contribution in [0.15, 0.2) is 48.7 Å². The van der Waals surface area contributed by atoms with Gasteiger partial charge >= 0.3 is 12.1 Å². The second kappa shape index (κ2) is 8.61. The quantitative estimate of drug-likeness (QED) is 0.498. The van der Waals surface area contributed by atoms with Crippen LogP contribution in [0, 0.1) is 5.82 Å². The van der Waals surface area contributed by atoms with Crippen molar-refractivity contribution in [2.45, 2.75) is 32.4 Å². The Kier molecular flexibility index (Phi) is 6.14. The summed E-state index contributed by atoms with van der Waals surface area (Å²) in [5.74, 6) is -2.49. The predicted octanol–water partition coefficient (Wildman–Crippen LogP) is 6.01. The average molecular weight is 418 g/mol. The van der Waals surface area contributed by atoms with E-state index < -0.39 is 23.5 Å². The van der Waals surface area contributed by atoms with Gasteiger partial charge in [-0.15, -0.1) is 0 Å². The van der Waals surface area contributed by atoms with Crippen LogP contribution in [0.5, 0.6) is 0 Å². The van der Waals surface area contributed by atoms with Gasteiger partial charge in [-0.3, -0.25) is 4.98 Å². The lowest BCUT2D eigenvalue weighted by Gasteiger charge is -2.13. The molecule has 3 rings (SSSR count). The van der Waals surface area contributed by atoms with Crippen LogP contribution in [0.2, 0.25) is 0 Å². The number of rotatable bonds is 6. The van der Waals surface area contributed by atoms with E-state index in [1.807, 2.05) is 6.92 Å². The standard InChI is InChI=1S/C22H18F4N2O2/c1-2-3-4-16-12-27-19(15-9-10-17(18(23)11-15)22(24,25)26)20(28-16)13-5-7-14(8-6-13)21(29)30/h5-12H,2-4H2,1H3,(H,29,30). The third-order valence-corrected chi connectivity index (χ3v) is 4.56. The Bertz CT molecular complexity index is 1060. The number of aromatic carboxylic acids is 1. The first-order chi connectivity index (χ1) is 14.2. The molecule has 0 atom stereocenters. The van der Waals surface area contributed by atoms with E-state index in [-0.39, 0.29) is 16.8 Å². The second-order valence-corrected chi connectivity index (χ2v) is 6.74. The van der Waals surface area contributed by atoms with E-state index in [0.717, 1.165) is 25.0 Å². The van der Waals surface area contributed by atoms with Gasteiger partial charge in [0.05, 0.1) is 28.2 Å². The number of benzene rings is 2. The van der Waals surface area contributed by atoms with E-state index >= 15 is 0 Å². The minimum absolute atomic E-state index is 0.0796. The molecule has 0 radical (unpaired) electrons. The number of nitrogens with zero attached hydrogens (tertiary/aromatic N) is 2. The average Bonchev–Trinajstić information content (AvgIpc) is 2.71. The van der Waals surface area contributed by atoms with Crippen molar-refractivity contribution in [2.75, 3.05) is 0 Å². The number of carbonyl (C=O) groups is 1. The van der Waals surface area contributed by atoms with Crippen LogP contribution in [0.3, 0.4) is 0 Å². The van der Waals surface area contributed by atoms with E-state index in [1.165, 1.54) is 18.3 Å². The van der Waals surface area contributed by atoms with Gasteiger partial charge in [0.25, 0.3) is 0 Å². The SMILES string of the molecule is CCCCc1cnc(-c2ccc(C(F)(F)F)c(F)c2)c(-c2ccc(C(=O)O)cc2)n1. The molecular weight excluding hydrogens is 400 g/mol. The molecule has 0 aliphatic carbocycles. The first-order valence-corrected chi connectivity index (χ1v) is 9.27. The molecule has 0 saturated carbocycles. The van der Waals surface area contributed by atoms with Gasteiger partial charge in [-0.05, 0) is 37.1 Å². The van der Waals surface area contributed by atoms with Crippen LogP contribution < -0.4 is 0 Å². The summed E-state index contributed by atoms with van der Waals surface area (Å²) in [5, 5.41) is 9.08. The fourth-order valence-corrected chi connectivity index (χ4v) is 2.98. The minimum atomic E-state index is -4.80. The molecule has 8 heteroatoms. The summed E-state index contributed by atoms with van der Waals surface area (Å²) >= 11 is 0. The van der Waals surface area contributed by atoms with Gasteiger partial charge in [0.1, 0.15) is 5.82 Å². The summed E-state index contributed by atoms with van der Waals surface area (Å²) in [4.78, 5) is 20.0. The van der Waals surface area contributed by atoms with Crippen molar-refractivity contribution in [3.63, 3.8) is 0 Å². The van der Waals surface area contributed by atoms with Gasteiger partial charge in [0.2, 0.25) is 0 Å². The van der Waals surface area contributed by atoms with Gasteiger partial charge in [-0.1, -0.05) is 31.5 Å². The van der Waals surface area contributed by atoms with Crippen molar-refractivity contribution in [2.24, 2.45) is 0 Å². The maximum Gasteiger partial charge on any atom is 0.419 e. The highest BCUT2D eigenvalue weighted by Gasteiger charge is 2.34. The molecule has 30 heavy (non-hydrogen) atoms. The van der Waals surface area contributed by atoms with Crippen LogP contribution in [0.25, 0.3) is 22.5 Å². The molecule has 2 aromatic carbocycles. The summed E-state index contributed by atoms with van der Waals surface area (Å²) in [6.07, 6.45) is -0.800. The van der Waals surface area contributed by atoms with E-state index in [4.69, 9.17) is 5.11 Å². The molecule has 0 amide bonds. The Morgan fingerprint density at radius 2 is 1.70 bits per heavy atom. The third kappa shape index (κ3) is 4.64. The third-order valence-electron chi connectivity index (χ3n) is 4.56. The zero-order valence-corrected chi connectivity index (χ0v) is 16.0. The number of carboxylic acid groups (broad SMARTS) is 1. The van der Waals surface area contributed by atoms with Crippen molar-refractivity contribution in [1.82, 2.24) is 9.97 Å². The number of hydrogen-bond acceptors (Lipinski definition) is 3. The van der Waals surface area contributed by atoms with Crippen molar-refractivity contribution in [3.8, 4) is 22.5 Å². The Hall–Kier alpha value is -3.29. The molecule has 4 nitrogen and oxygen atoms in total. The smallest absolute Gasteiger partial charge is 0.419 e. The lowest BCUT2D eigenvalue weighted by Crippen LogP contribution is -2.08. The first-order valence-electron chi connectivity index (χ1n) is 9.27. The number of alkyl halides is 3. The molecule has 1 aromatic heterocycles. The van der Waals surface area contributed by atoms with Crippen LogP contribution in [0.4, 0.5) is 17.6 Å². The summed E-state index contributed by atoms with van der Waals surface area (Å²) in [6, 6.07) is 8.49. The zero-order valence-electron chi connectivity index (χ0n) is 16.0. The van der Waals surface area contributed by atoms with Crippen LogP contribution in [-0.2, 0) is 12.6 Å². The van der Waals surface area contributed by atoms with Crippen LogP contribution >= 0.6 is 0 Å². The largest absolute Gasteiger partial charge is 0.478 e. The number of aryl methyl sites for hydroxylation is 1. The summed E-state index contributed by atoms with van der Waals surface area (Å²) < 4.78 is 52.8. The molecule has 0 fully saturated rings. The Morgan fingerprint density at radius 3 is 2.27 bits per heavy atom. The molecule has 0 aliphatic heterocycles. The first kappa shape index (κ1) is 21.4. The van der Waals surface area contributed by atoms with Crippen molar-refractivity contribution >= 4 is 5.97 Å². The molecule has 156 valence electrons. The number of halogens is 4. The highest BCUT2D eigenvalue weighted by Crippen LogP contribution is 2.35. The molecule has 0 bridgehead atoms. The van der Waals surface area contributed by atoms with Crippen molar-refractivity contribution < 1.29 is 27.5 Å². The Labute approximate surface area is 170 Å². The van der Waals surface area contributed by atoms with Crippen LogP contribution in [-0.4, -0.2) is 21.0 Å². The number of aromatic nitrogens is 2.